The highest BCUT2D eigenvalue weighted by molar-refractivity contribution is 5.34. The summed E-state index contributed by atoms with van der Waals surface area (Å²) in [4.78, 5) is 0. The number of nitrogens with one attached hydrogen (secondary N) is 1. The van der Waals surface area contributed by atoms with Gasteiger partial charge in [0.05, 0.1) is 13.2 Å². The first-order valence-corrected chi connectivity index (χ1v) is 9.72. The second-order valence-corrected chi connectivity index (χ2v) is 7.14. The van der Waals surface area contributed by atoms with Gasteiger partial charge in [-0.3, -0.25) is 0 Å². The van der Waals surface area contributed by atoms with E-state index in [-0.39, 0.29) is 0 Å². The van der Waals surface area contributed by atoms with E-state index in [4.69, 9.17) is 9.47 Å². The fourth-order valence-electron chi connectivity index (χ4n) is 3.82. The first-order chi connectivity index (χ1) is 11.7. The number of benzene rings is 1. The minimum atomic E-state index is 0.412. The van der Waals surface area contributed by atoms with Crippen LogP contribution in [0.2, 0.25) is 0 Å². The van der Waals surface area contributed by atoms with Gasteiger partial charge in [-0.15, -0.1) is 0 Å². The summed E-state index contributed by atoms with van der Waals surface area (Å²) in [5.74, 6) is 1.73. The van der Waals surface area contributed by atoms with Gasteiger partial charge in [-0.1, -0.05) is 25.5 Å². The fourth-order valence-corrected chi connectivity index (χ4v) is 3.82. The van der Waals surface area contributed by atoms with E-state index in [1.54, 1.807) is 0 Å². The second kappa shape index (κ2) is 10.0. The molecule has 0 heterocycles. The van der Waals surface area contributed by atoms with Crippen LogP contribution in [0.1, 0.15) is 58.4 Å². The van der Waals surface area contributed by atoms with Crippen molar-refractivity contribution in [1.82, 2.24) is 5.32 Å². The molecule has 0 radical (unpaired) electrons. The summed E-state index contributed by atoms with van der Waals surface area (Å²) in [7, 11) is 0. The lowest BCUT2D eigenvalue weighted by Crippen LogP contribution is -2.36. The number of ether oxygens (including phenoxy) is 2. The monoisotopic (exact) mass is 333 g/mol. The van der Waals surface area contributed by atoms with Gasteiger partial charge in [-0.05, 0) is 75.1 Å². The molecule has 1 aliphatic carbocycles. The molecule has 1 aromatic carbocycles. The zero-order chi connectivity index (χ0) is 17.3. The minimum absolute atomic E-state index is 0.412. The van der Waals surface area contributed by atoms with Crippen molar-refractivity contribution in [1.29, 1.82) is 0 Å². The van der Waals surface area contributed by atoms with Gasteiger partial charge in [-0.25, -0.2) is 0 Å². The van der Waals surface area contributed by atoms with Crippen LogP contribution in [-0.2, 0) is 10.2 Å². The predicted molar refractivity (Wildman–Crippen MR) is 101 cm³/mol. The first kappa shape index (κ1) is 19.3. The lowest BCUT2D eigenvalue weighted by molar-refractivity contribution is 0.148. The average molecular weight is 334 g/mol. The molecular formula is C21H35NO2. The van der Waals surface area contributed by atoms with Crippen molar-refractivity contribution in [3.8, 4) is 5.75 Å². The molecule has 1 aromatic rings. The average Bonchev–Trinajstić information content (AvgIpc) is 2.55. The number of rotatable bonds is 12. The zero-order valence-electron chi connectivity index (χ0n) is 15.8. The van der Waals surface area contributed by atoms with Crippen molar-refractivity contribution in [2.45, 2.75) is 58.3 Å². The topological polar surface area (TPSA) is 30.5 Å². The van der Waals surface area contributed by atoms with E-state index in [1.807, 2.05) is 13.8 Å². The van der Waals surface area contributed by atoms with Gasteiger partial charge in [0.15, 0.2) is 0 Å². The maximum Gasteiger partial charge on any atom is 0.119 e. The fraction of sp³-hybridized carbons (Fsp3) is 0.714. The smallest absolute Gasteiger partial charge is 0.119 e. The van der Waals surface area contributed by atoms with Crippen molar-refractivity contribution >= 4 is 0 Å². The van der Waals surface area contributed by atoms with Gasteiger partial charge in [-0.2, -0.15) is 0 Å². The molecule has 1 atom stereocenters. The maximum atomic E-state index is 5.58. The Bertz CT molecular complexity index is 453. The SMILES string of the molecule is CCOCCNCCC(C)CC1(c2ccc(OCC)cc2)CCC1. The molecule has 0 saturated heterocycles. The molecule has 0 spiro atoms. The Hall–Kier alpha value is -1.06. The molecule has 1 aliphatic rings. The predicted octanol–water partition coefficient (Wildman–Crippen LogP) is 4.55. The lowest BCUT2D eigenvalue weighted by Gasteiger charge is -2.44. The van der Waals surface area contributed by atoms with Crippen LogP contribution in [-0.4, -0.2) is 32.9 Å². The highest BCUT2D eigenvalue weighted by Gasteiger charge is 2.39. The molecular weight excluding hydrogens is 298 g/mol. The minimum Gasteiger partial charge on any atom is -0.494 e. The highest BCUT2D eigenvalue weighted by Crippen LogP contribution is 2.48. The molecule has 1 saturated carbocycles. The summed E-state index contributed by atoms with van der Waals surface area (Å²) in [6.07, 6.45) is 6.58. The molecule has 24 heavy (non-hydrogen) atoms. The highest BCUT2D eigenvalue weighted by atomic mass is 16.5. The molecule has 1 N–H and O–H groups in total. The molecule has 3 nitrogen and oxygen atoms in total. The molecule has 1 unspecified atom stereocenters. The van der Waals surface area contributed by atoms with E-state index < -0.39 is 0 Å². The summed E-state index contributed by atoms with van der Waals surface area (Å²) < 4.78 is 10.9. The van der Waals surface area contributed by atoms with Gasteiger partial charge in [0.2, 0.25) is 0 Å². The Labute approximate surface area is 148 Å². The van der Waals surface area contributed by atoms with Crippen LogP contribution < -0.4 is 10.1 Å². The Morgan fingerprint density at radius 3 is 2.42 bits per heavy atom. The zero-order valence-corrected chi connectivity index (χ0v) is 15.8. The largest absolute Gasteiger partial charge is 0.494 e. The van der Waals surface area contributed by atoms with Gasteiger partial charge in [0.25, 0.3) is 0 Å². The van der Waals surface area contributed by atoms with E-state index in [2.05, 4.69) is 36.5 Å². The van der Waals surface area contributed by atoms with Crippen molar-refractivity contribution in [3.05, 3.63) is 29.8 Å². The first-order valence-electron chi connectivity index (χ1n) is 9.72. The van der Waals surface area contributed by atoms with Crippen LogP contribution in [0.5, 0.6) is 5.75 Å². The van der Waals surface area contributed by atoms with E-state index in [1.165, 1.54) is 37.7 Å². The van der Waals surface area contributed by atoms with Crippen LogP contribution in [0.25, 0.3) is 0 Å². The van der Waals surface area contributed by atoms with E-state index in [9.17, 15) is 0 Å². The van der Waals surface area contributed by atoms with Crippen LogP contribution in [0.3, 0.4) is 0 Å². The van der Waals surface area contributed by atoms with Crippen molar-refractivity contribution in [2.75, 3.05) is 32.9 Å². The summed E-state index contributed by atoms with van der Waals surface area (Å²) in [6.45, 7) is 10.9. The second-order valence-electron chi connectivity index (χ2n) is 7.14. The Balaban J connectivity index is 1.79. The quantitative estimate of drug-likeness (QED) is 0.569. The van der Waals surface area contributed by atoms with Crippen LogP contribution in [0.15, 0.2) is 24.3 Å². The number of hydrogen-bond donors (Lipinski definition) is 1. The molecule has 0 aliphatic heterocycles. The van der Waals surface area contributed by atoms with Gasteiger partial charge in [0.1, 0.15) is 5.75 Å². The Morgan fingerprint density at radius 1 is 1.08 bits per heavy atom. The van der Waals surface area contributed by atoms with Crippen molar-refractivity contribution in [3.63, 3.8) is 0 Å². The van der Waals surface area contributed by atoms with E-state index in [0.717, 1.165) is 44.6 Å². The van der Waals surface area contributed by atoms with Crippen LogP contribution in [0.4, 0.5) is 0 Å². The molecule has 0 aromatic heterocycles. The molecule has 136 valence electrons. The molecule has 1 fully saturated rings. The molecule has 0 bridgehead atoms. The summed E-state index contributed by atoms with van der Waals surface area (Å²) in [6, 6.07) is 8.85. The summed E-state index contributed by atoms with van der Waals surface area (Å²) >= 11 is 0. The molecule has 3 heteroatoms. The van der Waals surface area contributed by atoms with Gasteiger partial charge >= 0.3 is 0 Å². The molecule has 0 amide bonds. The molecule has 2 rings (SSSR count). The maximum absolute atomic E-state index is 5.58. The van der Waals surface area contributed by atoms with Gasteiger partial charge < -0.3 is 14.8 Å². The Kier molecular flexibility index (Phi) is 8.07. The third-order valence-electron chi connectivity index (χ3n) is 5.27. The normalized spacial score (nSPS) is 17.3. The van der Waals surface area contributed by atoms with Crippen LogP contribution >= 0.6 is 0 Å². The van der Waals surface area contributed by atoms with Gasteiger partial charge in [0, 0.05) is 13.2 Å². The summed E-state index contributed by atoms with van der Waals surface area (Å²) in [5.41, 5.74) is 1.92. The van der Waals surface area contributed by atoms with Crippen molar-refractivity contribution in [2.24, 2.45) is 5.92 Å². The third-order valence-corrected chi connectivity index (χ3v) is 5.27. The van der Waals surface area contributed by atoms with Crippen molar-refractivity contribution < 1.29 is 9.47 Å². The number of hydrogen-bond acceptors (Lipinski definition) is 3. The van der Waals surface area contributed by atoms with Crippen LogP contribution in [0, 0.1) is 5.92 Å². The standard InChI is InChI=1S/C21H35NO2/c1-4-23-16-15-22-14-11-18(3)17-21(12-6-13-21)19-7-9-20(10-8-19)24-5-2/h7-10,18,22H,4-6,11-17H2,1-3H3. The third kappa shape index (κ3) is 5.49. The Morgan fingerprint density at radius 2 is 1.83 bits per heavy atom. The van der Waals surface area contributed by atoms with E-state index in [0.29, 0.717) is 5.41 Å². The van der Waals surface area contributed by atoms with E-state index >= 15 is 0 Å². The lowest BCUT2D eigenvalue weighted by atomic mass is 9.60. The summed E-state index contributed by atoms with van der Waals surface area (Å²) in [5, 5.41) is 3.49.